The third-order valence-corrected chi connectivity index (χ3v) is 2.59. The number of halogens is 3. The van der Waals surface area contributed by atoms with Gasteiger partial charge in [0.05, 0.1) is 6.61 Å². The van der Waals surface area contributed by atoms with Crippen LogP contribution in [0.1, 0.15) is 31.6 Å². The lowest BCUT2D eigenvalue weighted by Crippen LogP contribution is -2.09. The minimum absolute atomic E-state index is 0.0104. The summed E-state index contributed by atoms with van der Waals surface area (Å²) >= 11 is 0. The van der Waals surface area contributed by atoms with Gasteiger partial charge in [0, 0.05) is 0 Å². The number of hydrogen-bond acceptors (Lipinski definition) is 4. The Labute approximate surface area is 119 Å². The minimum Gasteiger partial charge on any atom is -0.494 e. The number of alkyl halides is 3. The summed E-state index contributed by atoms with van der Waals surface area (Å²) in [6, 6.07) is 6.77. The number of nitrogens with zero attached hydrogens (tertiary/aromatic N) is 2. The molecule has 2 aromatic rings. The first-order valence-electron chi connectivity index (χ1n) is 6.29. The van der Waals surface area contributed by atoms with Gasteiger partial charge >= 0.3 is 6.18 Å². The van der Waals surface area contributed by atoms with Crippen molar-refractivity contribution >= 4 is 0 Å². The van der Waals surface area contributed by atoms with E-state index in [1.807, 2.05) is 6.92 Å². The molecular formula is C13H14F3N3O2. The Balaban J connectivity index is 2.03. The van der Waals surface area contributed by atoms with E-state index in [1.165, 1.54) is 0 Å². The number of aromatic amines is 1. The van der Waals surface area contributed by atoms with Crippen molar-refractivity contribution < 1.29 is 22.6 Å². The molecule has 21 heavy (non-hydrogen) atoms. The summed E-state index contributed by atoms with van der Waals surface area (Å²) in [4.78, 5) is 3.38. The lowest BCUT2D eigenvalue weighted by Gasteiger charge is -2.12. The fourth-order valence-electron chi connectivity index (χ4n) is 1.62. The molecule has 0 aliphatic heterocycles. The van der Waals surface area contributed by atoms with Gasteiger partial charge in [0.1, 0.15) is 11.5 Å². The normalized spacial score (nSPS) is 13.0. The monoisotopic (exact) mass is 301 g/mol. The van der Waals surface area contributed by atoms with Crippen molar-refractivity contribution in [3.63, 3.8) is 0 Å². The highest BCUT2D eigenvalue weighted by Crippen LogP contribution is 2.27. The van der Waals surface area contributed by atoms with Crippen LogP contribution in [0.2, 0.25) is 0 Å². The van der Waals surface area contributed by atoms with Gasteiger partial charge in [-0.05, 0) is 38.1 Å². The third kappa shape index (κ3) is 3.87. The van der Waals surface area contributed by atoms with Crippen LogP contribution in [0.4, 0.5) is 13.2 Å². The molecule has 0 amide bonds. The summed E-state index contributed by atoms with van der Waals surface area (Å²) in [5.41, 5.74) is 0. The zero-order valence-electron chi connectivity index (χ0n) is 11.4. The Morgan fingerprint density at radius 2 is 1.81 bits per heavy atom. The first-order chi connectivity index (χ1) is 9.90. The van der Waals surface area contributed by atoms with Gasteiger partial charge in [-0.15, -0.1) is 5.10 Å². The molecule has 0 fully saturated rings. The molecule has 0 spiro atoms. The smallest absolute Gasteiger partial charge is 0.453 e. The number of rotatable bonds is 5. The van der Waals surface area contributed by atoms with E-state index in [0.717, 1.165) is 0 Å². The molecule has 1 atom stereocenters. The van der Waals surface area contributed by atoms with Crippen LogP contribution in [0.25, 0.3) is 0 Å². The van der Waals surface area contributed by atoms with Gasteiger partial charge in [-0.25, -0.2) is 4.98 Å². The van der Waals surface area contributed by atoms with Gasteiger partial charge in [-0.1, -0.05) is 0 Å². The van der Waals surface area contributed by atoms with Gasteiger partial charge in [0.2, 0.25) is 0 Å². The maximum absolute atomic E-state index is 12.4. The quantitative estimate of drug-likeness (QED) is 0.920. The number of ether oxygens (including phenoxy) is 2. The van der Waals surface area contributed by atoms with Gasteiger partial charge in [-0.2, -0.15) is 13.2 Å². The maximum Gasteiger partial charge on any atom is 0.453 e. The van der Waals surface area contributed by atoms with Crippen LogP contribution in [0.3, 0.4) is 0 Å². The van der Waals surface area contributed by atoms with E-state index in [9.17, 15) is 13.2 Å². The number of nitrogens with one attached hydrogen (secondary N) is 1. The van der Waals surface area contributed by atoms with Crippen molar-refractivity contribution in [1.82, 2.24) is 15.2 Å². The molecule has 0 bridgehead atoms. The van der Waals surface area contributed by atoms with Crippen LogP contribution in [0, 0.1) is 0 Å². The van der Waals surface area contributed by atoms with Crippen molar-refractivity contribution in [1.29, 1.82) is 0 Å². The largest absolute Gasteiger partial charge is 0.494 e. The molecule has 0 aliphatic rings. The first-order valence-corrected chi connectivity index (χ1v) is 6.29. The second-order valence-electron chi connectivity index (χ2n) is 4.21. The fourth-order valence-corrected chi connectivity index (χ4v) is 1.62. The highest BCUT2D eigenvalue weighted by molar-refractivity contribution is 5.31. The average molecular weight is 301 g/mol. The maximum atomic E-state index is 12.4. The highest BCUT2D eigenvalue weighted by Gasteiger charge is 2.36. The van der Waals surface area contributed by atoms with Crippen LogP contribution >= 0.6 is 0 Å². The molecule has 1 aromatic heterocycles. The number of H-pyrrole nitrogens is 1. The molecule has 0 saturated carbocycles. The molecule has 5 nitrogen and oxygen atoms in total. The van der Waals surface area contributed by atoms with E-state index in [4.69, 9.17) is 9.47 Å². The van der Waals surface area contributed by atoms with Crippen LogP contribution in [0.15, 0.2) is 24.3 Å². The van der Waals surface area contributed by atoms with E-state index < -0.39 is 18.1 Å². The Hall–Kier alpha value is -2.25. The van der Waals surface area contributed by atoms with Crippen molar-refractivity contribution in [2.45, 2.75) is 26.1 Å². The molecule has 0 aliphatic carbocycles. The van der Waals surface area contributed by atoms with Crippen LogP contribution in [-0.4, -0.2) is 21.8 Å². The second-order valence-corrected chi connectivity index (χ2v) is 4.21. The van der Waals surface area contributed by atoms with E-state index in [1.54, 1.807) is 31.2 Å². The second kappa shape index (κ2) is 6.02. The summed E-state index contributed by atoms with van der Waals surface area (Å²) < 4.78 is 48.0. The molecule has 1 N–H and O–H groups in total. The SMILES string of the molecule is CCOc1ccc(OC(C)c2nc(C(F)(F)F)n[nH]2)cc1. The molecule has 0 saturated heterocycles. The van der Waals surface area contributed by atoms with Gasteiger partial charge < -0.3 is 9.47 Å². The molecule has 1 unspecified atom stereocenters. The predicted molar refractivity (Wildman–Crippen MR) is 68.0 cm³/mol. The molecule has 1 aromatic carbocycles. The molecule has 0 radical (unpaired) electrons. The van der Waals surface area contributed by atoms with Crippen molar-refractivity contribution in [3.05, 3.63) is 35.9 Å². The highest BCUT2D eigenvalue weighted by atomic mass is 19.4. The van der Waals surface area contributed by atoms with Crippen LogP contribution < -0.4 is 9.47 Å². The molecule has 114 valence electrons. The molecule has 8 heteroatoms. The molecule has 1 heterocycles. The van der Waals surface area contributed by atoms with Gasteiger partial charge in [0.25, 0.3) is 5.82 Å². The first kappa shape index (κ1) is 15.1. The molecule has 2 rings (SSSR count). The Morgan fingerprint density at radius 1 is 1.19 bits per heavy atom. The Bertz CT molecular complexity index is 581. The van der Waals surface area contributed by atoms with E-state index >= 15 is 0 Å². The predicted octanol–water partition coefficient (Wildman–Crippen LogP) is 3.36. The van der Waals surface area contributed by atoms with Crippen molar-refractivity contribution in [2.75, 3.05) is 6.61 Å². The zero-order chi connectivity index (χ0) is 15.5. The molecular weight excluding hydrogens is 287 g/mol. The zero-order valence-corrected chi connectivity index (χ0v) is 11.4. The summed E-state index contributed by atoms with van der Waals surface area (Å²) in [5.74, 6) is -0.0108. The third-order valence-electron chi connectivity index (χ3n) is 2.59. The fraction of sp³-hybridized carbons (Fsp3) is 0.385. The van der Waals surface area contributed by atoms with Crippen molar-refractivity contribution in [3.8, 4) is 11.5 Å². The number of hydrogen-bond donors (Lipinski definition) is 1. The van der Waals surface area contributed by atoms with Gasteiger partial charge in [0.15, 0.2) is 11.9 Å². The Morgan fingerprint density at radius 3 is 2.33 bits per heavy atom. The Kier molecular flexibility index (Phi) is 4.35. The van der Waals surface area contributed by atoms with E-state index in [-0.39, 0.29) is 5.82 Å². The van der Waals surface area contributed by atoms with Crippen LogP contribution in [-0.2, 0) is 6.18 Å². The standard InChI is InChI=1S/C13H14F3N3O2/c1-3-20-9-4-6-10(7-5-9)21-8(2)11-17-12(19-18-11)13(14,15)16/h4-8H,3H2,1-2H3,(H,17,18,19). The summed E-state index contributed by atoms with van der Waals surface area (Å²) in [5, 5.41) is 5.36. The summed E-state index contributed by atoms with van der Waals surface area (Å²) in [6.07, 6.45) is -5.26. The lowest BCUT2D eigenvalue weighted by atomic mass is 10.3. The topological polar surface area (TPSA) is 60.0 Å². The summed E-state index contributed by atoms with van der Waals surface area (Å²) in [6.45, 7) is 4.00. The number of benzene rings is 1. The summed E-state index contributed by atoms with van der Waals surface area (Å²) in [7, 11) is 0. The average Bonchev–Trinajstić information content (AvgIpc) is 2.91. The van der Waals surface area contributed by atoms with Crippen molar-refractivity contribution in [2.24, 2.45) is 0 Å². The lowest BCUT2D eigenvalue weighted by molar-refractivity contribution is -0.144. The van der Waals surface area contributed by atoms with Gasteiger partial charge in [-0.3, -0.25) is 5.10 Å². The van der Waals surface area contributed by atoms with E-state index in [0.29, 0.717) is 18.1 Å². The number of aromatic nitrogens is 3. The van der Waals surface area contributed by atoms with E-state index in [2.05, 4.69) is 15.2 Å². The minimum atomic E-state index is -4.58. The van der Waals surface area contributed by atoms with Crippen LogP contribution in [0.5, 0.6) is 11.5 Å².